The van der Waals surface area contributed by atoms with Crippen LogP contribution in [0.25, 0.3) is 0 Å². The molecule has 2 aliphatic rings. The van der Waals surface area contributed by atoms with Crippen LogP contribution in [-0.2, 0) is 11.2 Å². The molecule has 1 saturated heterocycles. The Balaban J connectivity index is 1.14. The molecule has 28 heavy (non-hydrogen) atoms. The third-order valence-corrected chi connectivity index (χ3v) is 7.65. The van der Waals surface area contributed by atoms with Crippen LogP contribution in [0.3, 0.4) is 0 Å². The molecule has 0 aromatic carbocycles. The Kier molecular flexibility index (Phi) is 6.58. The Morgan fingerprint density at radius 3 is 2.86 bits per heavy atom. The van der Waals surface area contributed by atoms with Crippen molar-refractivity contribution in [2.24, 2.45) is 17.8 Å². The first kappa shape index (κ1) is 19.8. The normalized spacial score (nSPS) is 22.2. The topological polar surface area (TPSA) is 42.4 Å². The number of nitrogens with zero attached hydrogens (tertiary/aromatic N) is 2. The molecular weight excluding hydrogens is 388 g/mol. The molecule has 0 radical (unpaired) electrons. The van der Waals surface area contributed by atoms with Crippen LogP contribution in [0.15, 0.2) is 40.7 Å². The lowest BCUT2D eigenvalue weighted by Crippen LogP contribution is -2.39. The van der Waals surface area contributed by atoms with E-state index in [-0.39, 0.29) is 0 Å². The van der Waals surface area contributed by atoms with Crippen LogP contribution < -0.4 is 4.74 Å². The van der Waals surface area contributed by atoms with Crippen molar-refractivity contribution in [2.45, 2.75) is 37.0 Å². The van der Waals surface area contributed by atoms with Crippen molar-refractivity contribution >= 4 is 29.0 Å². The number of piperidine rings is 1. The van der Waals surface area contributed by atoms with E-state index >= 15 is 0 Å². The second kappa shape index (κ2) is 9.31. The van der Waals surface area contributed by atoms with Gasteiger partial charge in [0.2, 0.25) is 11.8 Å². The van der Waals surface area contributed by atoms with Gasteiger partial charge in [-0.05, 0) is 67.2 Å². The average Bonchev–Trinajstić information content (AvgIpc) is 3.32. The Bertz CT molecular complexity index is 755. The van der Waals surface area contributed by atoms with Crippen molar-refractivity contribution in [1.29, 1.82) is 0 Å². The number of hydrogen-bond donors (Lipinski definition) is 0. The summed E-state index contributed by atoms with van der Waals surface area (Å²) in [4.78, 5) is 21.2. The standard InChI is InChI=1S/C22H28N2O2S2/c1-27-19-4-5-21(23-15-19)26-11-8-17-13-20(17)16-6-9-24(10-7-16)22(25)14-18-3-2-12-28-18/h2-5,12,15-17,20H,6-11,13-14H2,1H3. The maximum absolute atomic E-state index is 12.4. The lowest BCUT2D eigenvalue weighted by molar-refractivity contribution is -0.131. The van der Waals surface area contributed by atoms with Crippen molar-refractivity contribution in [3.05, 3.63) is 40.7 Å². The molecule has 1 amide bonds. The number of amides is 1. The van der Waals surface area contributed by atoms with E-state index < -0.39 is 0 Å². The van der Waals surface area contributed by atoms with Crippen molar-refractivity contribution < 1.29 is 9.53 Å². The zero-order valence-corrected chi connectivity index (χ0v) is 18.0. The number of carbonyl (C=O) groups excluding carboxylic acids is 1. The van der Waals surface area contributed by atoms with Gasteiger partial charge in [0.05, 0.1) is 13.0 Å². The van der Waals surface area contributed by atoms with Crippen LogP contribution in [0.5, 0.6) is 5.88 Å². The van der Waals surface area contributed by atoms with E-state index in [1.807, 2.05) is 23.7 Å². The Hall–Kier alpha value is -1.53. The minimum atomic E-state index is 0.293. The summed E-state index contributed by atoms with van der Waals surface area (Å²) >= 11 is 3.37. The molecule has 4 rings (SSSR count). The van der Waals surface area contributed by atoms with Gasteiger partial charge in [0.15, 0.2) is 0 Å². The van der Waals surface area contributed by atoms with Gasteiger partial charge in [-0.2, -0.15) is 0 Å². The molecule has 2 unspecified atom stereocenters. The number of ether oxygens (including phenoxy) is 1. The van der Waals surface area contributed by atoms with Crippen LogP contribution in [0, 0.1) is 17.8 Å². The Morgan fingerprint density at radius 2 is 2.18 bits per heavy atom. The predicted molar refractivity (Wildman–Crippen MR) is 115 cm³/mol. The van der Waals surface area contributed by atoms with E-state index in [9.17, 15) is 4.79 Å². The fraction of sp³-hybridized carbons (Fsp3) is 0.545. The van der Waals surface area contributed by atoms with Gasteiger partial charge in [0, 0.05) is 35.1 Å². The highest BCUT2D eigenvalue weighted by Gasteiger charge is 2.43. The van der Waals surface area contributed by atoms with Crippen LogP contribution in [-0.4, -0.2) is 41.7 Å². The smallest absolute Gasteiger partial charge is 0.227 e. The summed E-state index contributed by atoms with van der Waals surface area (Å²) < 4.78 is 5.82. The molecule has 0 N–H and O–H groups in total. The van der Waals surface area contributed by atoms with E-state index in [1.165, 1.54) is 11.3 Å². The molecule has 1 saturated carbocycles. The molecule has 1 aliphatic heterocycles. The molecule has 3 heterocycles. The predicted octanol–water partition coefficient (Wildman–Crippen LogP) is 4.75. The van der Waals surface area contributed by atoms with Crippen LogP contribution >= 0.6 is 23.1 Å². The number of thiophene rings is 1. The highest BCUT2D eigenvalue weighted by Crippen LogP contribution is 2.49. The molecule has 2 fully saturated rings. The van der Waals surface area contributed by atoms with Crippen molar-refractivity contribution in [3.8, 4) is 5.88 Å². The van der Waals surface area contributed by atoms with Crippen LogP contribution in [0.1, 0.15) is 30.6 Å². The van der Waals surface area contributed by atoms with Crippen LogP contribution in [0.2, 0.25) is 0 Å². The molecule has 2 atom stereocenters. The molecule has 6 heteroatoms. The molecule has 0 spiro atoms. The Labute approximate surface area is 175 Å². The quantitative estimate of drug-likeness (QED) is 0.582. The highest BCUT2D eigenvalue weighted by atomic mass is 32.2. The van der Waals surface area contributed by atoms with Gasteiger partial charge in [-0.1, -0.05) is 6.07 Å². The highest BCUT2D eigenvalue weighted by molar-refractivity contribution is 7.98. The molecule has 2 aromatic rings. The van der Waals surface area contributed by atoms with Gasteiger partial charge in [0.25, 0.3) is 0 Å². The van der Waals surface area contributed by atoms with Crippen molar-refractivity contribution in [2.75, 3.05) is 26.0 Å². The van der Waals surface area contributed by atoms with Gasteiger partial charge >= 0.3 is 0 Å². The van der Waals surface area contributed by atoms with Crippen molar-refractivity contribution in [1.82, 2.24) is 9.88 Å². The molecule has 2 aromatic heterocycles. The number of carbonyl (C=O) groups is 1. The van der Waals surface area contributed by atoms with E-state index in [4.69, 9.17) is 4.74 Å². The molecule has 1 aliphatic carbocycles. The summed E-state index contributed by atoms with van der Waals surface area (Å²) in [6.07, 6.45) is 9.26. The number of likely N-dealkylation sites (tertiary alicyclic amines) is 1. The summed E-state index contributed by atoms with van der Waals surface area (Å²) in [6, 6.07) is 8.09. The maximum Gasteiger partial charge on any atom is 0.227 e. The molecule has 0 bridgehead atoms. The number of pyridine rings is 1. The van der Waals surface area contributed by atoms with E-state index in [2.05, 4.69) is 28.3 Å². The van der Waals surface area contributed by atoms with E-state index in [1.54, 1.807) is 23.1 Å². The number of rotatable bonds is 8. The lowest BCUT2D eigenvalue weighted by Gasteiger charge is -2.32. The SMILES string of the molecule is CSc1ccc(OCCC2CC2C2CCN(C(=O)Cc3cccs3)CC2)nc1. The first-order valence-corrected chi connectivity index (χ1v) is 12.3. The van der Waals surface area contributed by atoms with Gasteiger partial charge in [0.1, 0.15) is 0 Å². The van der Waals surface area contributed by atoms with Crippen molar-refractivity contribution in [3.63, 3.8) is 0 Å². The summed E-state index contributed by atoms with van der Waals surface area (Å²) in [5.74, 6) is 3.44. The zero-order chi connectivity index (χ0) is 19.3. The molecule has 4 nitrogen and oxygen atoms in total. The minimum Gasteiger partial charge on any atom is -0.478 e. The van der Waals surface area contributed by atoms with E-state index in [0.29, 0.717) is 12.3 Å². The third-order valence-electron chi connectivity index (χ3n) is 6.06. The van der Waals surface area contributed by atoms with Gasteiger partial charge in [-0.25, -0.2) is 4.98 Å². The maximum atomic E-state index is 12.4. The number of hydrogen-bond acceptors (Lipinski definition) is 5. The second-order valence-corrected chi connectivity index (χ2v) is 9.72. The Morgan fingerprint density at radius 1 is 1.32 bits per heavy atom. The minimum absolute atomic E-state index is 0.293. The van der Waals surface area contributed by atoms with Gasteiger partial charge in [-0.15, -0.1) is 23.1 Å². The second-order valence-electron chi connectivity index (χ2n) is 7.81. The summed E-state index contributed by atoms with van der Waals surface area (Å²) in [6.45, 7) is 2.62. The summed E-state index contributed by atoms with van der Waals surface area (Å²) in [7, 11) is 0. The lowest BCUT2D eigenvalue weighted by atomic mass is 9.90. The fourth-order valence-corrected chi connectivity index (χ4v) is 5.38. The molecular formula is C22H28N2O2S2. The number of thioether (sulfide) groups is 1. The first-order valence-electron chi connectivity index (χ1n) is 10.2. The van der Waals surface area contributed by atoms with Gasteiger partial charge < -0.3 is 9.64 Å². The largest absolute Gasteiger partial charge is 0.478 e. The number of aromatic nitrogens is 1. The van der Waals surface area contributed by atoms with Gasteiger partial charge in [-0.3, -0.25) is 4.79 Å². The zero-order valence-electron chi connectivity index (χ0n) is 16.4. The fourth-order valence-electron chi connectivity index (χ4n) is 4.32. The summed E-state index contributed by atoms with van der Waals surface area (Å²) in [5.41, 5.74) is 0. The average molecular weight is 417 g/mol. The van der Waals surface area contributed by atoms with Crippen LogP contribution in [0.4, 0.5) is 0 Å². The van der Waals surface area contributed by atoms with E-state index in [0.717, 1.165) is 67.5 Å². The first-order chi connectivity index (χ1) is 13.7. The molecule has 150 valence electrons. The third kappa shape index (κ3) is 5.09. The summed E-state index contributed by atoms with van der Waals surface area (Å²) in [5, 5.41) is 2.04. The monoisotopic (exact) mass is 416 g/mol.